The molecule has 0 bridgehead atoms. The number of ether oxygens (including phenoxy) is 1. The van der Waals surface area contributed by atoms with Gasteiger partial charge in [0.05, 0.1) is 17.6 Å². The standard InChI is InChI=1S/C14H21N3O4S/c1-10(2)21-13-11(4-3-6-15-13)8-16-14(18)17-12-5-7-22(19,20)9-12/h3-4,6,10,12H,5,7-9H2,1-2H3,(H2,16,17,18)/t12-/m1/s1. The minimum absolute atomic E-state index is 0.00817. The molecule has 2 heterocycles. The van der Waals surface area contributed by atoms with Crippen LogP contribution >= 0.6 is 0 Å². The highest BCUT2D eigenvalue weighted by Gasteiger charge is 2.28. The van der Waals surface area contributed by atoms with Gasteiger partial charge in [-0.25, -0.2) is 18.2 Å². The Morgan fingerprint density at radius 1 is 1.50 bits per heavy atom. The van der Waals surface area contributed by atoms with E-state index in [0.717, 1.165) is 5.56 Å². The average molecular weight is 327 g/mol. The normalized spacial score (nSPS) is 19.9. The van der Waals surface area contributed by atoms with Gasteiger partial charge in [0.25, 0.3) is 0 Å². The number of urea groups is 1. The monoisotopic (exact) mass is 327 g/mol. The number of hydrogen-bond acceptors (Lipinski definition) is 5. The highest BCUT2D eigenvalue weighted by molar-refractivity contribution is 7.91. The van der Waals surface area contributed by atoms with Gasteiger partial charge in [0.15, 0.2) is 9.84 Å². The van der Waals surface area contributed by atoms with Gasteiger partial charge in [0.2, 0.25) is 5.88 Å². The Hall–Kier alpha value is -1.83. The molecule has 1 aliphatic heterocycles. The average Bonchev–Trinajstić information content (AvgIpc) is 2.76. The maximum Gasteiger partial charge on any atom is 0.315 e. The molecule has 122 valence electrons. The molecule has 0 spiro atoms. The second kappa shape index (κ2) is 6.95. The Bertz CT molecular complexity index is 631. The van der Waals surface area contributed by atoms with Crippen molar-refractivity contribution in [3.63, 3.8) is 0 Å². The van der Waals surface area contributed by atoms with Crippen molar-refractivity contribution in [1.29, 1.82) is 0 Å². The zero-order valence-electron chi connectivity index (χ0n) is 12.7. The van der Waals surface area contributed by atoms with E-state index in [2.05, 4.69) is 15.6 Å². The lowest BCUT2D eigenvalue weighted by Gasteiger charge is -2.15. The van der Waals surface area contributed by atoms with E-state index in [9.17, 15) is 13.2 Å². The van der Waals surface area contributed by atoms with Crippen molar-refractivity contribution in [3.8, 4) is 5.88 Å². The van der Waals surface area contributed by atoms with Crippen LogP contribution in [-0.2, 0) is 16.4 Å². The molecule has 1 saturated heterocycles. The molecule has 1 aromatic heterocycles. The predicted octanol–water partition coefficient (Wildman–Crippen LogP) is 0.855. The molecular weight excluding hydrogens is 306 g/mol. The van der Waals surface area contributed by atoms with Crippen molar-refractivity contribution in [3.05, 3.63) is 23.9 Å². The molecule has 8 heteroatoms. The van der Waals surface area contributed by atoms with Gasteiger partial charge in [-0.2, -0.15) is 0 Å². The van der Waals surface area contributed by atoms with E-state index in [-0.39, 0.29) is 36.2 Å². The predicted molar refractivity (Wildman–Crippen MR) is 82.4 cm³/mol. The highest BCUT2D eigenvalue weighted by Crippen LogP contribution is 2.15. The Morgan fingerprint density at radius 3 is 2.91 bits per heavy atom. The van der Waals surface area contributed by atoms with Gasteiger partial charge in [-0.3, -0.25) is 0 Å². The lowest BCUT2D eigenvalue weighted by Crippen LogP contribution is -2.42. The van der Waals surface area contributed by atoms with Crippen LogP contribution < -0.4 is 15.4 Å². The summed E-state index contributed by atoms with van der Waals surface area (Å²) >= 11 is 0. The number of rotatable bonds is 5. The van der Waals surface area contributed by atoms with E-state index in [4.69, 9.17) is 4.74 Å². The zero-order chi connectivity index (χ0) is 16.2. The minimum Gasteiger partial charge on any atom is -0.475 e. The fraction of sp³-hybridized carbons (Fsp3) is 0.571. The summed E-state index contributed by atoms with van der Waals surface area (Å²) < 4.78 is 28.3. The van der Waals surface area contributed by atoms with Crippen LogP contribution in [0.2, 0.25) is 0 Å². The molecule has 0 radical (unpaired) electrons. The maximum atomic E-state index is 11.8. The number of carbonyl (C=O) groups is 1. The third-order valence-corrected chi connectivity index (χ3v) is 4.97. The summed E-state index contributed by atoms with van der Waals surface area (Å²) in [5.74, 6) is 0.628. The summed E-state index contributed by atoms with van der Waals surface area (Å²) in [5.41, 5.74) is 0.769. The summed E-state index contributed by atoms with van der Waals surface area (Å²) in [6.07, 6.45) is 2.08. The first-order valence-corrected chi connectivity index (χ1v) is 9.03. The van der Waals surface area contributed by atoms with Crippen molar-refractivity contribution < 1.29 is 17.9 Å². The number of hydrogen-bond donors (Lipinski definition) is 2. The molecule has 0 aromatic carbocycles. The Labute approximate surface area is 130 Å². The SMILES string of the molecule is CC(C)Oc1ncccc1CNC(=O)N[C@@H]1CCS(=O)(=O)C1. The van der Waals surface area contributed by atoms with Crippen LogP contribution in [0.25, 0.3) is 0 Å². The van der Waals surface area contributed by atoms with Crippen molar-refractivity contribution in [2.75, 3.05) is 11.5 Å². The smallest absolute Gasteiger partial charge is 0.315 e. The summed E-state index contributed by atoms with van der Waals surface area (Å²) in [7, 11) is -3.00. The largest absolute Gasteiger partial charge is 0.475 e. The maximum absolute atomic E-state index is 11.8. The molecule has 1 atom stereocenters. The van der Waals surface area contributed by atoms with Gasteiger partial charge in [-0.05, 0) is 26.3 Å². The third-order valence-electron chi connectivity index (χ3n) is 3.20. The van der Waals surface area contributed by atoms with E-state index in [0.29, 0.717) is 12.3 Å². The molecule has 7 nitrogen and oxygen atoms in total. The van der Waals surface area contributed by atoms with Crippen molar-refractivity contribution >= 4 is 15.9 Å². The van der Waals surface area contributed by atoms with E-state index in [1.807, 2.05) is 19.9 Å². The molecule has 0 unspecified atom stereocenters. The van der Waals surface area contributed by atoms with Crippen LogP contribution in [0.3, 0.4) is 0 Å². The van der Waals surface area contributed by atoms with Crippen LogP contribution in [0.5, 0.6) is 5.88 Å². The van der Waals surface area contributed by atoms with Gasteiger partial charge >= 0.3 is 6.03 Å². The summed E-state index contributed by atoms with van der Waals surface area (Å²) in [5, 5.41) is 5.38. The van der Waals surface area contributed by atoms with Gasteiger partial charge in [-0.15, -0.1) is 0 Å². The number of nitrogens with zero attached hydrogens (tertiary/aromatic N) is 1. The van der Waals surface area contributed by atoms with Gasteiger partial charge in [0.1, 0.15) is 0 Å². The third kappa shape index (κ3) is 4.87. The minimum atomic E-state index is -3.00. The van der Waals surface area contributed by atoms with Crippen LogP contribution in [0.4, 0.5) is 4.79 Å². The van der Waals surface area contributed by atoms with Crippen LogP contribution in [0.1, 0.15) is 25.8 Å². The Balaban J connectivity index is 1.86. The molecule has 0 aliphatic carbocycles. The molecule has 1 aliphatic rings. The van der Waals surface area contributed by atoms with Crippen molar-refractivity contribution in [2.45, 2.75) is 39.0 Å². The van der Waals surface area contributed by atoms with E-state index in [1.54, 1.807) is 12.3 Å². The number of aromatic nitrogens is 1. The molecule has 0 saturated carbocycles. The quantitative estimate of drug-likeness (QED) is 0.836. The summed E-state index contributed by atoms with van der Waals surface area (Å²) in [6.45, 7) is 4.07. The lowest BCUT2D eigenvalue weighted by atomic mass is 10.2. The first kappa shape index (κ1) is 16.5. The second-order valence-corrected chi connectivity index (χ2v) is 7.79. The number of amides is 2. The number of carbonyl (C=O) groups excluding carboxylic acids is 1. The van der Waals surface area contributed by atoms with Gasteiger partial charge in [0, 0.05) is 24.3 Å². The van der Waals surface area contributed by atoms with Gasteiger partial charge < -0.3 is 15.4 Å². The summed E-state index contributed by atoms with van der Waals surface area (Å²) in [4.78, 5) is 16.0. The second-order valence-electron chi connectivity index (χ2n) is 5.56. The van der Waals surface area contributed by atoms with Crippen LogP contribution in [0, 0.1) is 0 Å². The fourth-order valence-corrected chi connectivity index (χ4v) is 3.88. The number of nitrogens with one attached hydrogen (secondary N) is 2. The van der Waals surface area contributed by atoms with Crippen molar-refractivity contribution in [1.82, 2.24) is 15.6 Å². The van der Waals surface area contributed by atoms with E-state index >= 15 is 0 Å². The first-order valence-electron chi connectivity index (χ1n) is 7.21. The molecular formula is C14H21N3O4S. The topological polar surface area (TPSA) is 97.4 Å². The lowest BCUT2D eigenvalue weighted by molar-refractivity contribution is 0.228. The molecule has 1 fully saturated rings. The Morgan fingerprint density at radius 2 is 2.27 bits per heavy atom. The van der Waals surface area contributed by atoms with Crippen LogP contribution in [-0.4, -0.2) is 43.1 Å². The Kier molecular flexibility index (Phi) is 5.23. The van der Waals surface area contributed by atoms with Gasteiger partial charge in [-0.1, -0.05) is 6.07 Å². The fourth-order valence-electron chi connectivity index (χ4n) is 2.21. The molecule has 22 heavy (non-hydrogen) atoms. The number of pyridine rings is 1. The molecule has 2 amide bonds. The first-order chi connectivity index (χ1) is 10.4. The molecule has 2 rings (SSSR count). The number of sulfone groups is 1. The van der Waals surface area contributed by atoms with E-state index in [1.165, 1.54) is 0 Å². The summed E-state index contributed by atoms with van der Waals surface area (Å²) in [6, 6.07) is 2.89. The van der Waals surface area contributed by atoms with Crippen molar-refractivity contribution in [2.24, 2.45) is 0 Å². The van der Waals surface area contributed by atoms with E-state index < -0.39 is 9.84 Å². The highest BCUT2D eigenvalue weighted by atomic mass is 32.2. The zero-order valence-corrected chi connectivity index (χ0v) is 13.5. The van der Waals surface area contributed by atoms with Crippen LogP contribution in [0.15, 0.2) is 18.3 Å². The molecule has 1 aromatic rings. The molecule has 2 N–H and O–H groups in total.